The lowest BCUT2D eigenvalue weighted by Gasteiger charge is -2.10. The molecule has 0 aliphatic heterocycles. The number of rotatable bonds is 2. The molecule has 110 valence electrons. The van der Waals surface area contributed by atoms with Crippen LogP contribution in [0.25, 0.3) is 0 Å². The fourth-order valence-corrected chi connectivity index (χ4v) is 1.66. The summed E-state index contributed by atoms with van der Waals surface area (Å²) in [4.78, 5) is 11.8. The van der Waals surface area contributed by atoms with Crippen LogP contribution in [0.15, 0.2) is 24.3 Å². The van der Waals surface area contributed by atoms with E-state index in [1.807, 2.05) is 0 Å². The molecular weight excluding hydrogens is 293 g/mol. The van der Waals surface area contributed by atoms with Crippen LogP contribution in [0.2, 0.25) is 0 Å². The van der Waals surface area contributed by atoms with Crippen LogP contribution in [-0.2, 0) is 0 Å². The monoisotopic (exact) mass is 301 g/mol. The Kier molecular flexibility index (Phi) is 3.93. The van der Waals surface area contributed by atoms with Gasteiger partial charge in [-0.25, -0.2) is 22.0 Å². The van der Waals surface area contributed by atoms with E-state index in [0.29, 0.717) is 5.56 Å². The summed E-state index contributed by atoms with van der Waals surface area (Å²) in [7, 11) is 0. The predicted octanol–water partition coefficient (Wildman–Crippen LogP) is 3.94. The van der Waals surface area contributed by atoms with Gasteiger partial charge in [-0.3, -0.25) is 4.79 Å². The minimum absolute atomic E-state index is 0.00420. The molecule has 0 spiro atoms. The third kappa shape index (κ3) is 2.86. The molecule has 0 aliphatic rings. The van der Waals surface area contributed by atoms with E-state index in [1.54, 1.807) is 0 Å². The Morgan fingerprint density at radius 2 is 1.62 bits per heavy atom. The third-order valence-electron chi connectivity index (χ3n) is 2.80. The van der Waals surface area contributed by atoms with E-state index in [1.165, 1.54) is 13.0 Å². The van der Waals surface area contributed by atoms with Gasteiger partial charge in [-0.05, 0) is 30.7 Å². The van der Waals surface area contributed by atoms with E-state index >= 15 is 0 Å². The van der Waals surface area contributed by atoms with Gasteiger partial charge in [0.05, 0.1) is 5.56 Å². The zero-order valence-corrected chi connectivity index (χ0v) is 10.6. The summed E-state index contributed by atoms with van der Waals surface area (Å²) in [5.74, 6) is -9.50. The Morgan fingerprint density at radius 3 is 2.29 bits per heavy atom. The first kappa shape index (κ1) is 15.0. The largest absolute Gasteiger partial charge is 0.322 e. The van der Waals surface area contributed by atoms with Crippen molar-refractivity contribution in [2.45, 2.75) is 6.92 Å². The van der Waals surface area contributed by atoms with Crippen molar-refractivity contribution in [3.05, 3.63) is 64.5 Å². The van der Waals surface area contributed by atoms with E-state index < -0.39 is 40.6 Å². The molecule has 2 aromatic rings. The number of amides is 1. The number of nitrogens with one attached hydrogen (secondary N) is 1. The molecular formula is C14H8F5NO. The maximum atomic E-state index is 13.5. The smallest absolute Gasteiger partial charge is 0.258 e. The number of carbonyl (C=O) groups is 1. The molecule has 2 aromatic carbocycles. The highest BCUT2D eigenvalue weighted by Gasteiger charge is 2.23. The number of halogens is 5. The van der Waals surface area contributed by atoms with Gasteiger partial charge >= 0.3 is 0 Å². The van der Waals surface area contributed by atoms with Crippen molar-refractivity contribution < 1.29 is 26.7 Å². The molecule has 0 fully saturated rings. The number of carbonyl (C=O) groups excluding carboxylic acids is 1. The van der Waals surface area contributed by atoms with Gasteiger partial charge in [0.1, 0.15) is 5.82 Å². The maximum Gasteiger partial charge on any atom is 0.258 e. The molecule has 0 bridgehead atoms. The first-order valence-corrected chi connectivity index (χ1v) is 5.71. The molecule has 0 atom stereocenters. The average molecular weight is 301 g/mol. The lowest BCUT2D eigenvalue weighted by molar-refractivity contribution is 0.102. The molecule has 1 N–H and O–H groups in total. The zero-order chi connectivity index (χ0) is 15.7. The van der Waals surface area contributed by atoms with E-state index in [2.05, 4.69) is 5.32 Å². The molecule has 0 saturated carbocycles. The van der Waals surface area contributed by atoms with Gasteiger partial charge in [-0.1, -0.05) is 6.07 Å². The molecule has 7 heteroatoms. The van der Waals surface area contributed by atoms with Crippen molar-refractivity contribution in [2.75, 3.05) is 5.32 Å². The van der Waals surface area contributed by atoms with Gasteiger partial charge in [-0.2, -0.15) is 0 Å². The molecule has 0 saturated heterocycles. The van der Waals surface area contributed by atoms with E-state index in [0.717, 1.165) is 12.1 Å². The van der Waals surface area contributed by atoms with Crippen LogP contribution in [0.5, 0.6) is 0 Å². The van der Waals surface area contributed by atoms with Crippen molar-refractivity contribution in [2.24, 2.45) is 0 Å². The lowest BCUT2D eigenvalue weighted by Crippen LogP contribution is -2.17. The second-order valence-electron chi connectivity index (χ2n) is 4.26. The van der Waals surface area contributed by atoms with Crippen LogP contribution in [0.1, 0.15) is 15.9 Å². The number of aryl methyl sites for hydroxylation is 1. The highest BCUT2D eigenvalue weighted by Crippen LogP contribution is 2.21. The molecule has 0 unspecified atom stereocenters. The van der Waals surface area contributed by atoms with E-state index in [9.17, 15) is 26.7 Å². The molecule has 2 nitrogen and oxygen atoms in total. The Balaban J connectivity index is 2.40. The SMILES string of the molecule is Cc1ccc(F)cc1NC(=O)c1cc(F)c(F)c(F)c1F. The summed E-state index contributed by atoms with van der Waals surface area (Å²) in [6.45, 7) is 1.54. The molecule has 2 rings (SSSR count). The van der Waals surface area contributed by atoms with Crippen LogP contribution < -0.4 is 5.32 Å². The molecule has 1 amide bonds. The summed E-state index contributed by atoms with van der Waals surface area (Å²) in [5, 5.41) is 2.11. The summed E-state index contributed by atoms with van der Waals surface area (Å²) in [6.07, 6.45) is 0. The second kappa shape index (κ2) is 5.51. The fraction of sp³-hybridized carbons (Fsp3) is 0.0714. The molecule has 0 aromatic heterocycles. The summed E-state index contributed by atoms with van der Waals surface area (Å²) < 4.78 is 65.4. The van der Waals surface area contributed by atoms with Crippen molar-refractivity contribution in [3.8, 4) is 0 Å². The lowest BCUT2D eigenvalue weighted by atomic mass is 10.1. The van der Waals surface area contributed by atoms with Crippen LogP contribution in [0, 0.1) is 36.0 Å². The van der Waals surface area contributed by atoms with Gasteiger partial charge in [0.25, 0.3) is 5.91 Å². The maximum absolute atomic E-state index is 13.5. The van der Waals surface area contributed by atoms with Crippen LogP contribution >= 0.6 is 0 Å². The molecule has 21 heavy (non-hydrogen) atoms. The van der Waals surface area contributed by atoms with Crippen molar-refractivity contribution in [3.63, 3.8) is 0 Å². The van der Waals surface area contributed by atoms with Gasteiger partial charge < -0.3 is 5.32 Å². The Morgan fingerprint density at radius 1 is 0.952 bits per heavy atom. The van der Waals surface area contributed by atoms with E-state index in [4.69, 9.17) is 0 Å². The van der Waals surface area contributed by atoms with Gasteiger partial charge in [-0.15, -0.1) is 0 Å². The number of hydrogen-bond donors (Lipinski definition) is 1. The van der Waals surface area contributed by atoms with Crippen molar-refractivity contribution in [1.29, 1.82) is 0 Å². The molecule has 0 aliphatic carbocycles. The normalized spacial score (nSPS) is 10.6. The predicted molar refractivity (Wildman–Crippen MR) is 65.4 cm³/mol. The quantitative estimate of drug-likeness (QED) is 0.508. The number of anilines is 1. The molecule has 0 radical (unpaired) electrons. The van der Waals surface area contributed by atoms with Crippen molar-refractivity contribution >= 4 is 11.6 Å². The molecule has 0 heterocycles. The minimum atomic E-state index is -2.09. The van der Waals surface area contributed by atoms with E-state index in [-0.39, 0.29) is 11.8 Å². The Bertz CT molecular complexity index is 730. The van der Waals surface area contributed by atoms with Gasteiger partial charge in [0.2, 0.25) is 0 Å². The highest BCUT2D eigenvalue weighted by atomic mass is 19.2. The summed E-state index contributed by atoms with van der Waals surface area (Å²) in [5.41, 5.74) is -0.562. The average Bonchev–Trinajstić information content (AvgIpc) is 2.44. The van der Waals surface area contributed by atoms with Crippen molar-refractivity contribution in [1.82, 2.24) is 0 Å². The second-order valence-corrected chi connectivity index (χ2v) is 4.26. The number of hydrogen-bond acceptors (Lipinski definition) is 1. The van der Waals surface area contributed by atoms with Gasteiger partial charge in [0.15, 0.2) is 23.3 Å². The Hall–Kier alpha value is -2.44. The first-order valence-electron chi connectivity index (χ1n) is 5.71. The third-order valence-corrected chi connectivity index (χ3v) is 2.80. The summed E-state index contributed by atoms with van der Waals surface area (Å²) in [6, 6.07) is 3.69. The zero-order valence-electron chi connectivity index (χ0n) is 10.6. The first-order chi connectivity index (χ1) is 9.81. The Labute approximate surface area is 116 Å². The summed E-state index contributed by atoms with van der Waals surface area (Å²) >= 11 is 0. The highest BCUT2D eigenvalue weighted by molar-refractivity contribution is 6.04. The van der Waals surface area contributed by atoms with Crippen LogP contribution in [-0.4, -0.2) is 5.91 Å². The van der Waals surface area contributed by atoms with Crippen LogP contribution in [0.4, 0.5) is 27.6 Å². The topological polar surface area (TPSA) is 29.1 Å². The van der Waals surface area contributed by atoms with Gasteiger partial charge in [0, 0.05) is 5.69 Å². The van der Waals surface area contributed by atoms with Crippen LogP contribution in [0.3, 0.4) is 0 Å². The number of benzene rings is 2. The standard InChI is InChI=1S/C14H8F5NO/c1-6-2-3-7(15)4-10(6)20-14(21)8-5-9(16)12(18)13(19)11(8)17/h2-5H,1H3,(H,20,21). The fourth-order valence-electron chi connectivity index (χ4n) is 1.66. The minimum Gasteiger partial charge on any atom is -0.322 e.